The number of nitrogens with zero attached hydrogens (tertiary/aromatic N) is 1. The predicted molar refractivity (Wildman–Crippen MR) is 36.2 cm³/mol. The smallest absolute Gasteiger partial charge is 0.0601 e. The van der Waals surface area contributed by atoms with Crippen LogP contribution >= 0.6 is 0 Å². The molecule has 0 aromatic carbocycles. The van der Waals surface area contributed by atoms with Gasteiger partial charge in [0.15, 0.2) is 0 Å². The monoisotopic (exact) mass is 141 g/mol. The van der Waals surface area contributed by atoms with Crippen molar-refractivity contribution in [1.82, 2.24) is 10.6 Å². The topological polar surface area (TPSA) is 35.2 Å². The molecule has 2 heterocycles. The first kappa shape index (κ1) is 6.58. The third-order valence-corrected chi connectivity index (χ3v) is 3.20. The van der Waals surface area contributed by atoms with Crippen LogP contribution in [0.3, 0.4) is 0 Å². The van der Waals surface area contributed by atoms with E-state index in [1.165, 1.54) is 0 Å². The van der Waals surface area contributed by atoms with Crippen molar-refractivity contribution in [2.75, 3.05) is 6.54 Å². The molecule has 0 aromatic rings. The van der Waals surface area contributed by atoms with E-state index in [1.54, 1.807) is 0 Å². The minimum absolute atomic E-state index is 0.228. The number of fused-ring (bicyclic) bond motifs is 2. The van der Waals surface area contributed by atoms with E-state index in [9.17, 15) is 5.21 Å². The Morgan fingerprint density at radius 1 is 1.60 bits per heavy atom. The van der Waals surface area contributed by atoms with Crippen molar-refractivity contribution >= 4 is 0 Å². The molecule has 1 saturated carbocycles. The van der Waals surface area contributed by atoms with Gasteiger partial charge in [0, 0.05) is 6.54 Å². The molecule has 1 radical (unpaired) electrons. The van der Waals surface area contributed by atoms with E-state index in [2.05, 4.69) is 19.3 Å². The summed E-state index contributed by atoms with van der Waals surface area (Å²) in [6.07, 6.45) is 1.09. The molecular weight excluding hydrogens is 128 g/mol. The maximum absolute atomic E-state index is 11.1. The average Bonchev–Trinajstić information content (AvgIpc) is 1.87. The van der Waals surface area contributed by atoms with Crippen molar-refractivity contribution in [3.8, 4) is 0 Å². The van der Waals surface area contributed by atoms with Gasteiger partial charge in [-0.3, -0.25) is 0 Å². The summed E-state index contributed by atoms with van der Waals surface area (Å²) in [6.45, 7) is 5.22. The minimum Gasteiger partial charge on any atom is -0.229 e. The molecule has 3 rings (SSSR count). The first-order chi connectivity index (χ1) is 4.62. The zero-order chi connectivity index (χ0) is 7.35. The molecule has 2 aliphatic heterocycles. The Kier molecular flexibility index (Phi) is 1.14. The van der Waals surface area contributed by atoms with E-state index in [-0.39, 0.29) is 11.5 Å². The number of hydrogen-bond acceptors (Lipinski definition) is 2. The van der Waals surface area contributed by atoms with Crippen LogP contribution in [0.2, 0.25) is 0 Å². The van der Waals surface area contributed by atoms with Crippen LogP contribution in [-0.4, -0.2) is 17.8 Å². The summed E-state index contributed by atoms with van der Waals surface area (Å²) in [5.74, 6) is 0.725. The number of rotatable bonds is 0. The normalized spacial score (nSPS) is 44.7. The third-order valence-electron chi connectivity index (χ3n) is 3.20. The molecule has 2 bridgehead atoms. The number of nitrogens with one attached hydrogen (secondary N) is 1. The van der Waals surface area contributed by atoms with Gasteiger partial charge in [-0.15, -0.1) is 5.21 Å². The van der Waals surface area contributed by atoms with Crippen molar-refractivity contribution in [2.24, 2.45) is 11.3 Å². The molecule has 3 heteroatoms. The van der Waals surface area contributed by atoms with Gasteiger partial charge < -0.3 is 0 Å². The molecule has 0 amide bonds. The molecule has 1 N–H and O–H groups in total. The molecule has 2 saturated heterocycles. The molecule has 3 aliphatic rings. The quantitative estimate of drug-likeness (QED) is 0.535. The standard InChI is InChI=1S/C7H13N2O/c1-7(2)5-3-6(7)9(10)8-4-5/h5-6,8H,3-4H2,1-2H3. The van der Waals surface area contributed by atoms with Gasteiger partial charge in [-0.05, 0) is 17.8 Å². The molecular formula is C7H13N2O. The molecule has 0 spiro atoms. The summed E-state index contributed by atoms with van der Waals surface area (Å²) < 4.78 is 0. The van der Waals surface area contributed by atoms with Gasteiger partial charge in [-0.25, -0.2) is 5.43 Å². The second-order valence-corrected chi connectivity index (χ2v) is 3.96. The lowest BCUT2D eigenvalue weighted by Gasteiger charge is -2.58. The van der Waals surface area contributed by atoms with E-state index in [0.29, 0.717) is 0 Å². The first-order valence-electron chi connectivity index (χ1n) is 3.82. The fourth-order valence-electron chi connectivity index (χ4n) is 2.04. The Morgan fingerprint density at radius 3 is 2.60 bits per heavy atom. The lowest BCUT2D eigenvalue weighted by Crippen LogP contribution is -2.68. The maximum Gasteiger partial charge on any atom is 0.0601 e. The lowest BCUT2D eigenvalue weighted by molar-refractivity contribution is -0.314. The summed E-state index contributed by atoms with van der Waals surface area (Å²) in [5.41, 5.74) is 3.07. The van der Waals surface area contributed by atoms with E-state index >= 15 is 0 Å². The Bertz CT molecular complexity index is 156. The highest BCUT2D eigenvalue weighted by Crippen LogP contribution is 2.50. The second kappa shape index (κ2) is 1.72. The molecule has 2 atom stereocenters. The van der Waals surface area contributed by atoms with Crippen molar-refractivity contribution in [3.05, 3.63) is 0 Å². The maximum atomic E-state index is 11.1. The van der Waals surface area contributed by atoms with Crippen LogP contribution in [0.5, 0.6) is 0 Å². The van der Waals surface area contributed by atoms with Crippen LogP contribution in [0, 0.1) is 11.3 Å². The SMILES string of the molecule is CC1(C)C2CNN([O])C1C2. The summed E-state index contributed by atoms with van der Waals surface area (Å²) in [6, 6.07) is 0.228. The van der Waals surface area contributed by atoms with Gasteiger partial charge >= 0.3 is 0 Å². The zero-order valence-corrected chi connectivity index (χ0v) is 6.42. The fourth-order valence-corrected chi connectivity index (χ4v) is 2.04. The van der Waals surface area contributed by atoms with Crippen molar-refractivity contribution < 1.29 is 5.21 Å². The van der Waals surface area contributed by atoms with E-state index in [0.717, 1.165) is 24.1 Å². The summed E-state index contributed by atoms with van der Waals surface area (Å²) in [4.78, 5) is 0. The predicted octanol–water partition coefficient (Wildman–Crippen LogP) is 0.567. The zero-order valence-electron chi connectivity index (χ0n) is 6.42. The average molecular weight is 141 g/mol. The third kappa shape index (κ3) is 0.603. The molecule has 10 heavy (non-hydrogen) atoms. The van der Waals surface area contributed by atoms with Crippen LogP contribution in [0.15, 0.2) is 0 Å². The highest BCUT2D eigenvalue weighted by molar-refractivity contribution is 5.03. The van der Waals surface area contributed by atoms with Crippen molar-refractivity contribution in [2.45, 2.75) is 26.3 Å². The van der Waals surface area contributed by atoms with Gasteiger partial charge in [0.05, 0.1) is 6.04 Å². The Hall–Kier alpha value is -0.120. The number of hydroxylamine groups is 1. The fraction of sp³-hybridized carbons (Fsp3) is 1.00. The van der Waals surface area contributed by atoms with Crippen molar-refractivity contribution in [1.29, 1.82) is 0 Å². The molecule has 0 aromatic heterocycles. The Morgan fingerprint density at radius 2 is 2.30 bits per heavy atom. The molecule has 2 unspecified atom stereocenters. The Balaban J connectivity index is 2.16. The van der Waals surface area contributed by atoms with Crippen LogP contribution in [-0.2, 0) is 5.21 Å². The van der Waals surface area contributed by atoms with Gasteiger partial charge in [-0.2, -0.15) is 0 Å². The van der Waals surface area contributed by atoms with Gasteiger partial charge in [0.25, 0.3) is 0 Å². The minimum atomic E-state index is 0.228. The number of hydrogen-bond donors (Lipinski definition) is 1. The molecule has 3 fully saturated rings. The summed E-state index contributed by atoms with van der Waals surface area (Å²) in [7, 11) is 0. The highest BCUT2D eigenvalue weighted by atomic mass is 16.5. The molecule has 1 aliphatic carbocycles. The summed E-state index contributed by atoms with van der Waals surface area (Å²) >= 11 is 0. The number of hydrazine groups is 1. The molecule has 57 valence electrons. The van der Waals surface area contributed by atoms with Crippen molar-refractivity contribution in [3.63, 3.8) is 0 Å². The van der Waals surface area contributed by atoms with Crippen LogP contribution in [0.4, 0.5) is 0 Å². The first-order valence-corrected chi connectivity index (χ1v) is 3.82. The Labute approximate surface area is 60.9 Å². The van der Waals surface area contributed by atoms with Crippen LogP contribution in [0.1, 0.15) is 20.3 Å². The highest BCUT2D eigenvalue weighted by Gasteiger charge is 2.54. The van der Waals surface area contributed by atoms with Gasteiger partial charge in [-0.1, -0.05) is 19.0 Å². The van der Waals surface area contributed by atoms with Gasteiger partial charge in [0.1, 0.15) is 0 Å². The van der Waals surface area contributed by atoms with E-state index < -0.39 is 0 Å². The second-order valence-electron chi connectivity index (χ2n) is 3.96. The lowest BCUT2D eigenvalue weighted by atomic mass is 9.57. The van der Waals surface area contributed by atoms with Crippen LogP contribution in [0.25, 0.3) is 0 Å². The van der Waals surface area contributed by atoms with Crippen LogP contribution < -0.4 is 5.43 Å². The largest absolute Gasteiger partial charge is 0.229 e. The van der Waals surface area contributed by atoms with Gasteiger partial charge in [0.2, 0.25) is 0 Å². The van der Waals surface area contributed by atoms with E-state index in [1.807, 2.05) is 0 Å². The molecule has 3 nitrogen and oxygen atoms in total. The van der Waals surface area contributed by atoms with E-state index in [4.69, 9.17) is 0 Å². The summed E-state index contributed by atoms with van der Waals surface area (Å²) in [5, 5.41) is 12.1.